The lowest BCUT2D eigenvalue weighted by Gasteiger charge is -2.26. The topological polar surface area (TPSA) is 75.7 Å². The molecular formula is C20H22N2O4S. The number of nitrogens with zero attached hydrogens (tertiary/aromatic N) is 1. The van der Waals surface area contributed by atoms with E-state index in [1.807, 2.05) is 25.1 Å². The second-order valence-electron chi connectivity index (χ2n) is 6.97. The Morgan fingerprint density at radius 1 is 1.26 bits per heavy atom. The molecule has 7 heteroatoms. The highest BCUT2D eigenvalue weighted by molar-refractivity contribution is 7.89. The standard InChI is InChI=1S/C20H22N2O4S/c1-13-17-11-16(10-14-7-5-9-22(19(14)17)20(13)23)27(24,25)21-12-15-6-3-4-8-18(15)26-2/h3-4,6,8,10-11,13,21H,5,7,9,12H2,1-2H3/t13-/m1/s1. The molecule has 2 aliphatic heterocycles. The molecule has 2 aromatic rings. The number of hydrogen-bond acceptors (Lipinski definition) is 4. The summed E-state index contributed by atoms with van der Waals surface area (Å²) >= 11 is 0. The van der Waals surface area contributed by atoms with Crippen molar-refractivity contribution in [1.82, 2.24) is 4.72 Å². The number of amides is 1. The summed E-state index contributed by atoms with van der Waals surface area (Å²) in [5.41, 5.74) is 3.44. The van der Waals surface area contributed by atoms with Crippen LogP contribution in [0.15, 0.2) is 41.3 Å². The van der Waals surface area contributed by atoms with Gasteiger partial charge in [0.05, 0.1) is 23.6 Å². The molecule has 1 amide bonds. The minimum atomic E-state index is -3.71. The zero-order valence-corrected chi connectivity index (χ0v) is 16.2. The summed E-state index contributed by atoms with van der Waals surface area (Å²) in [6.07, 6.45) is 1.64. The molecule has 0 aliphatic carbocycles. The number of aryl methyl sites for hydroxylation is 1. The van der Waals surface area contributed by atoms with Gasteiger partial charge in [-0.2, -0.15) is 0 Å². The summed E-state index contributed by atoms with van der Waals surface area (Å²) < 4.78 is 33.8. The Morgan fingerprint density at radius 2 is 2.04 bits per heavy atom. The number of methoxy groups -OCH3 is 1. The van der Waals surface area contributed by atoms with Crippen LogP contribution in [0.3, 0.4) is 0 Å². The number of para-hydroxylation sites is 1. The Balaban J connectivity index is 1.66. The molecule has 1 atom stereocenters. The zero-order chi connectivity index (χ0) is 19.2. The van der Waals surface area contributed by atoms with Crippen molar-refractivity contribution in [3.05, 3.63) is 53.1 Å². The van der Waals surface area contributed by atoms with Gasteiger partial charge in [0.15, 0.2) is 0 Å². The van der Waals surface area contributed by atoms with Gasteiger partial charge in [0.25, 0.3) is 0 Å². The molecule has 6 nitrogen and oxygen atoms in total. The molecule has 2 heterocycles. The van der Waals surface area contributed by atoms with Crippen LogP contribution < -0.4 is 14.4 Å². The maximum atomic E-state index is 12.9. The summed E-state index contributed by atoms with van der Waals surface area (Å²) in [7, 11) is -2.15. The van der Waals surface area contributed by atoms with Crippen LogP contribution in [0.2, 0.25) is 0 Å². The number of ether oxygens (including phenoxy) is 1. The Morgan fingerprint density at radius 3 is 2.81 bits per heavy atom. The van der Waals surface area contributed by atoms with Gasteiger partial charge in [-0.25, -0.2) is 13.1 Å². The Kier molecular flexibility index (Phi) is 4.44. The molecule has 1 N–H and O–H groups in total. The van der Waals surface area contributed by atoms with E-state index >= 15 is 0 Å². The van der Waals surface area contributed by atoms with Gasteiger partial charge in [0.2, 0.25) is 15.9 Å². The van der Waals surface area contributed by atoms with Gasteiger partial charge < -0.3 is 9.64 Å². The summed E-state index contributed by atoms with van der Waals surface area (Å²) in [5.74, 6) is 0.391. The van der Waals surface area contributed by atoms with Gasteiger partial charge in [0.1, 0.15) is 5.75 Å². The van der Waals surface area contributed by atoms with Gasteiger partial charge in [-0.05, 0) is 49.1 Å². The first kappa shape index (κ1) is 18.0. The third-order valence-electron chi connectivity index (χ3n) is 5.35. The van der Waals surface area contributed by atoms with E-state index in [1.165, 1.54) is 0 Å². The average molecular weight is 386 g/mol. The largest absolute Gasteiger partial charge is 0.496 e. The number of benzene rings is 2. The van der Waals surface area contributed by atoms with Crippen molar-refractivity contribution in [3.63, 3.8) is 0 Å². The summed E-state index contributed by atoms with van der Waals surface area (Å²) in [6, 6.07) is 10.7. The molecule has 0 unspecified atom stereocenters. The van der Waals surface area contributed by atoms with Crippen LogP contribution >= 0.6 is 0 Å². The Bertz CT molecular complexity index is 1020. The van der Waals surface area contributed by atoms with E-state index in [2.05, 4.69) is 4.72 Å². The quantitative estimate of drug-likeness (QED) is 0.857. The molecule has 0 spiro atoms. The smallest absolute Gasteiger partial charge is 0.240 e. The molecule has 142 valence electrons. The minimum Gasteiger partial charge on any atom is -0.496 e. The molecule has 0 fully saturated rings. The fourth-order valence-electron chi connectivity index (χ4n) is 3.93. The van der Waals surface area contributed by atoms with Crippen LogP contribution in [-0.4, -0.2) is 28.0 Å². The molecule has 0 aromatic heterocycles. The highest BCUT2D eigenvalue weighted by Gasteiger charge is 2.38. The number of carbonyl (C=O) groups excluding carboxylic acids is 1. The molecule has 2 aromatic carbocycles. The maximum absolute atomic E-state index is 12.9. The average Bonchev–Trinajstić information content (AvgIpc) is 2.93. The van der Waals surface area contributed by atoms with Crippen molar-refractivity contribution in [1.29, 1.82) is 0 Å². The number of rotatable bonds is 5. The van der Waals surface area contributed by atoms with Crippen LogP contribution in [0, 0.1) is 0 Å². The fraction of sp³-hybridized carbons (Fsp3) is 0.350. The maximum Gasteiger partial charge on any atom is 0.240 e. The molecule has 0 radical (unpaired) electrons. The normalized spacial score (nSPS) is 18.5. The SMILES string of the molecule is COc1ccccc1CNS(=O)(=O)c1cc2c3c(c1)[C@@H](C)C(=O)N3CCC2. The molecule has 27 heavy (non-hydrogen) atoms. The van der Waals surface area contributed by atoms with Crippen LogP contribution in [0.1, 0.15) is 36.0 Å². The number of sulfonamides is 1. The van der Waals surface area contributed by atoms with Gasteiger partial charge in [0, 0.05) is 18.7 Å². The van der Waals surface area contributed by atoms with Crippen molar-refractivity contribution in [2.24, 2.45) is 0 Å². The van der Waals surface area contributed by atoms with Crippen molar-refractivity contribution in [2.75, 3.05) is 18.6 Å². The van der Waals surface area contributed by atoms with E-state index in [0.717, 1.165) is 35.2 Å². The predicted molar refractivity (Wildman–Crippen MR) is 103 cm³/mol. The van der Waals surface area contributed by atoms with Crippen molar-refractivity contribution in [2.45, 2.75) is 37.1 Å². The number of carbonyl (C=O) groups is 1. The van der Waals surface area contributed by atoms with Crippen LogP contribution in [0.5, 0.6) is 5.75 Å². The lowest BCUT2D eigenvalue weighted by atomic mass is 9.97. The van der Waals surface area contributed by atoms with E-state index in [9.17, 15) is 13.2 Å². The summed E-state index contributed by atoms with van der Waals surface area (Å²) in [4.78, 5) is 14.5. The lowest BCUT2D eigenvalue weighted by Crippen LogP contribution is -2.32. The van der Waals surface area contributed by atoms with Crippen molar-refractivity contribution < 1.29 is 17.9 Å². The highest BCUT2D eigenvalue weighted by Crippen LogP contribution is 2.43. The second kappa shape index (κ2) is 6.65. The second-order valence-corrected chi connectivity index (χ2v) is 8.74. The first-order valence-corrected chi connectivity index (χ1v) is 10.5. The number of hydrogen-bond donors (Lipinski definition) is 1. The lowest BCUT2D eigenvalue weighted by molar-refractivity contribution is -0.119. The third kappa shape index (κ3) is 3.00. The van der Waals surface area contributed by atoms with Gasteiger partial charge >= 0.3 is 0 Å². The van der Waals surface area contributed by atoms with Crippen molar-refractivity contribution >= 4 is 21.6 Å². The molecule has 0 bridgehead atoms. The molecule has 4 rings (SSSR count). The Labute approximate surface area is 159 Å². The van der Waals surface area contributed by atoms with Crippen LogP contribution in [-0.2, 0) is 27.8 Å². The fourth-order valence-corrected chi connectivity index (χ4v) is 5.02. The first-order chi connectivity index (χ1) is 12.9. The Hall–Kier alpha value is -2.38. The summed E-state index contributed by atoms with van der Waals surface area (Å²) in [6.45, 7) is 2.69. The zero-order valence-electron chi connectivity index (χ0n) is 15.4. The molecular weight excluding hydrogens is 364 g/mol. The van der Waals surface area contributed by atoms with E-state index in [0.29, 0.717) is 12.3 Å². The van der Waals surface area contributed by atoms with Gasteiger partial charge in [-0.1, -0.05) is 18.2 Å². The molecule has 0 saturated carbocycles. The third-order valence-corrected chi connectivity index (χ3v) is 6.73. The molecule has 0 saturated heterocycles. The monoisotopic (exact) mass is 386 g/mol. The highest BCUT2D eigenvalue weighted by atomic mass is 32.2. The molecule has 2 aliphatic rings. The van der Waals surface area contributed by atoms with Gasteiger partial charge in [-0.3, -0.25) is 4.79 Å². The van der Waals surface area contributed by atoms with E-state index < -0.39 is 10.0 Å². The van der Waals surface area contributed by atoms with Crippen LogP contribution in [0.25, 0.3) is 0 Å². The summed E-state index contributed by atoms with van der Waals surface area (Å²) in [5, 5.41) is 0. The van der Waals surface area contributed by atoms with E-state index in [1.54, 1.807) is 30.2 Å². The predicted octanol–water partition coefficient (Wildman–Crippen LogP) is 2.57. The van der Waals surface area contributed by atoms with Crippen molar-refractivity contribution in [3.8, 4) is 5.75 Å². The number of nitrogens with one attached hydrogen (secondary N) is 1. The van der Waals surface area contributed by atoms with E-state index in [4.69, 9.17) is 4.74 Å². The first-order valence-electron chi connectivity index (χ1n) is 9.02. The van der Waals surface area contributed by atoms with Gasteiger partial charge in [-0.15, -0.1) is 0 Å². The van der Waals surface area contributed by atoms with E-state index in [-0.39, 0.29) is 23.3 Å². The number of anilines is 1. The minimum absolute atomic E-state index is 0.0579. The van der Waals surface area contributed by atoms with Crippen LogP contribution in [0.4, 0.5) is 5.69 Å².